The molecule has 0 amide bonds. The SMILES string of the molecule is Cl[C@@H](CCN1CCCC1)c1ccccc1. The van der Waals surface area contributed by atoms with Gasteiger partial charge in [0.1, 0.15) is 0 Å². The van der Waals surface area contributed by atoms with Gasteiger partial charge in [-0.3, -0.25) is 0 Å². The molecule has 1 aromatic rings. The van der Waals surface area contributed by atoms with Crippen LogP contribution in [0.2, 0.25) is 0 Å². The first-order valence-electron chi connectivity index (χ1n) is 5.77. The van der Waals surface area contributed by atoms with Gasteiger partial charge in [-0.1, -0.05) is 30.3 Å². The third kappa shape index (κ3) is 3.22. The summed E-state index contributed by atoms with van der Waals surface area (Å²) in [4.78, 5) is 2.51. The highest BCUT2D eigenvalue weighted by atomic mass is 35.5. The van der Waals surface area contributed by atoms with Crippen LogP contribution in [0.3, 0.4) is 0 Å². The average molecular weight is 224 g/mol. The zero-order valence-electron chi connectivity index (χ0n) is 9.03. The van der Waals surface area contributed by atoms with Crippen molar-refractivity contribution in [2.24, 2.45) is 0 Å². The summed E-state index contributed by atoms with van der Waals surface area (Å²) in [5, 5.41) is 0.173. The molecule has 2 heteroatoms. The van der Waals surface area contributed by atoms with Gasteiger partial charge >= 0.3 is 0 Å². The van der Waals surface area contributed by atoms with E-state index in [1.54, 1.807) is 0 Å². The monoisotopic (exact) mass is 223 g/mol. The molecule has 0 aliphatic carbocycles. The fraction of sp³-hybridized carbons (Fsp3) is 0.538. The molecule has 0 radical (unpaired) electrons. The molecule has 0 saturated carbocycles. The lowest BCUT2D eigenvalue weighted by Crippen LogP contribution is -2.21. The summed E-state index contributed by atoms with van der Waals surface area (Å²) in [5.41, 5.74) is 1.25. The Kier molecular flexibility index (Phi) is 4.04. The van der Waals surface area contributed by atoms with E-state index < -0.39 is 0 Å². The van der Waals surface area contributed by atoms with Crippen LogP contribution in [0, 0.1) is 0 Å². The van der Waals surface area contributed by atoms with Crippen molar-refractivity contribution in [3.63, 3.8) is 0 Å². The summed E-state index contributed by atoms with van der Waals surface area (Å²) in [5.74, 6) is 0. The second-order valence-corrected chi connectivity index (χ2v) is 4.74. The zero-order chi connectivity index (χ0) is 10.5. The maximum atomic E-state index is 6.36. The second-order valence-electron chi connectivity index (χ2n) is 4.22. The minimum atomic E-state index is 0.173. The fourth-order valence-electron chi connectivity index (χ4n) is 2.13. The van der Waals surface area contributed by atoms with Crippen molar-refractivity contribution in [1.82, 2.24) is 4.90 Å². The normalized spacial score (nSPS) is 19.3. The van der Waals surface area contributed by atoms with Crippen molar-refractivity contribution >= 4 is 11.6 Å². The second kappa shape index (κ2) is 5.53. The molecule has 1 saturated heterocycles. The molecule has 0 spiro atoms. The quantitative estimate of drug-likeness (QED) is 0.707. The third-order valence-electron chi connectivity index (χ3n) is 3.06. The van der Waals surface area contributed by atoms with E-state index in [0.29, 0.717) is 0 Å². The zero-order valence-corrected chi connectivity index (χ0v) is 9.79. The Bertz CT molecular complexity index is 280. The van der Waals surface area contributed by atoms with Crippen LogP contribution in [0.15, 0.2) is 30.3 Å². The molecule has 82 valence electrons. The first kappa shape index (κ1) is 11.0. The smallest absolute Gasteiger partial charge is 0.0597 e. The number of benzene rings is 1. The fourth-order valence-corrected chi connectivity index (χ4v) is 2.37. The molecule has 0 unspecified atom stereocenters. The number of likely N-dealkylation sites (tertiary alicyclic amines) is 1. The first-order valence-corrected chi connectivity index (χ1v) is 6.21. The van der Waals surface area contributed by atoms with Crippen molar-refractivity contribution in [2.75, 3.05) is 19.6 Å². The van der Waals surface area contributed by atoms with Gasteiger partial charge in [0.25, 0.3) is 0 Å². The predicted octanol–water partition coefficient (Wildman–Crippen LogP) is 3.45. The van der Waals surface area contributed by atoms with Gasteiger partial charge in [-0.2, -0.15) is 0 Å². The molecule has 1 fully saturated rings. The summed E-state index contributed by atoms with van der Waals surface area (Å²) in [6.07, 6.45) is 3.78. The molecule has 1 aliphatic rings. The number of rotatable bonds is 4. The van der Waals surface area contributed by atoms with Crippen molar-refractivity contribution in [3.8, 4) is 0 Å². The Morgan fingerprint density at radius 1 is 1.13 bits per heavy atom. The topological polar surface area (TPSA) is 3.24 Å². The molecule has 1 aromatic carbocycles. The maximum Gasteiger partial charge on any atom is 0.0597 e. The number of hydrogen-bond acceptors (Lipinski definition) is 1. The van der Waals surface area contributed by atoms with Gasteiger partial charge in [0.15, 0.2) is 0 Å². The Hall–Kier alpha value is -0.530. The van der Waals surface area contributed by atoms with E-state index in [0.717, 1.165) is 13.0 Å². The summed E-state index contributed by atoms with van der Waals surface area (Å²) in [6, 6.07) is 10.4. The van der Waals surface area contributed by atoms with Crippen LogP contribution in [0.25, 0.3) is 0 Å². The molecule has 1 atom stereocenters. The Labute approximate surface area is 97.0 Å². The maximum absolute atomic E-state index is 6.36. The first-order chi connectivity index (χ1) is 7.36. The summed E-state index contributed by atoms with van der Waals surface area (Å²) < 4.78 is 0. The van der Waals surface area contributed by atoms with Crippen LogP contribution in [0.4, 0.5) is 0 Å². The van der Waals surface area contributed by atoms with E-state index in [-0.39, 0.29) is 5.38 Å². The van der Waals surface area contributed by atoms with Crippen molar-refractivity contribution in [3.05, 3.63) is 35.9 Å². The Morgan fingerprint density at radius 3 is 2.47 bits per heavy atom. The Balaban J connectivity index is 1.79. The lowest BCUT2D eigenvalue weighted by Gasteiger charge is -2.17. The lowest BCUT2D eigenvalue weighted by atomic mass is 10.1. The molecule has 1 heterocycles. The molecular formula is C13H18ClN. The van der Waals surface area contributed by atoms with E-state index in [4.69, 9.17) is 11.6 Å². The third-order valence-corrected chi connectivity index (χ3v) is 3.53. The molecule has 1 aliphatic heterocycles. The highest BCUT2D eigenvalue weighted by Gasteiger charge is 2.14. The van der Waals surface area contributed by atoms with E-state index >= 15 is 0 Å². The van der Waals surface area contributed by atoms with Crippen molar-refractivity contribution in [2.45, 2.75) is 24.6 Å². The van der Waals surface area contributed by atoms with E-state index in [1.165, 1.54) is 31.5 Å². The minimum Gasteiger partial charge on any atom is -0.303 e. The lowest BCUT2D eigenvalue weighted by molar-refractivity contribution is 0.332. The molecule has 0 aromatic heterocycles. The number of alkyl halides is 1. The van der Waals surface area contributed by atoms with Crippen molar-refractivity contribution in [1.29, 1.82) is 0 Å². The molecule has 0 N–H and O–H groups in total. The van der Waals surface area contributed by atoms with Gasteiger partial charge < -0.3 is 4.90 Å². The highest BCUT2D eigenvalue weighted by Crippen LogP contribution is 2.24. The predicted molar refractivity (Wildman–Crippen MR) is 65.3 cm³/mol. The van der Waals surface area contributed by atoms with Crippen molar-refractivity contribution < 1.29 is 0 Å². The van der Waals surface area contributed by atoms with Gasteiger partial charge in [-0.25, -0.2) is 0 Å². The molecule has 0 bridgehead atoms. The Morgan fingerprint density at radius 2 is 1.80 bits per heavy atom. The van der Waals surface area contributed by atoms with Crippen LogP contribution in [-0.2, 0) is 0 Å². The van der Waals surface area contributed by atoms with Crippen LogP contribution in [0.1, 0.15) is 30.2 Å². The molecule has 15 heavy (non-hydrogen) atoms. The number of halogens is 1. The van der Waals surface area contributed by atoms with E-state index in [1.807, 2.05) is 6.07 Å². The van der Waals surface area contributed by atoms with Crippen LogP contribution in [-0.4, -0.2) is 24.5 Å². The van der Waals surface area contributed by atoms with Crippen LogP contribution < -0.4 is 0 Å². The van der Waals surface area contributed by atoms with Gasteiger partial charge in [0.2, 0.25) is 0 Å². The number of nitrogens with zero attached hydrogens (tertiary/aromatic N) is 1. The highest BCUT2D eigenvalue weighted by molar-refractivity contribution is 6.20. The molecule has 1 nitrogen and oxygen atoms in total. The molecule has 2 rings (SSSR count). The van der Waals surface area contributed by atoms with E-state index in [9.17, 15) is 0 Å². The minimum absolute atomic E-state index is 0.173. The average Bonchev–Trinajstić information content (AvgIpc) is 2.80. The largest absolute Gasteiger partial charge is 0.303 e. The van der Waals surface area contributed by atoms with Crippen LogP contribution in [0.5, 0.6) is 0 Å². The van der Waals surface area contributed by atoms with E-state index in [2.05, 4.69) is 29.2 Å². The standard InChI is InChI=1S/C13H18ClN/c14-13(12-6-2-1-3-7-12)8-11-15-9-4-5-10-15/h1-3,6-7,13H,4-5,8-11H2/t13-/m0/s1. The summed E-state index contributed by atoms with van der Waals surface area (Å²) in [6.45, 7) is 3.67. The summed E-state index contributed by atoms with van der Waals surface area (Å²) >= 11 is 6.36. The van der Waals surface area contributed by atoms with Gasteiger partial charge in [-0.15, -0.1) is 11.6 Å². The van der Waals surface area contributed by atoms with Crippen LogP contribution >= 0.6 is 11.6 Å². The van der Waals surface area contributed by atoms with Gasteiger partial charge in [-0.05, 0) is 44.5 Å². The van der Waals surface area contributed by atoms with Gasteiger partial charge in [0, 0.05) is 0 Å². The molecular weight excluding hydrogens is 206 g/mol. The van der Waals surface area contributed by atoms with Gasteiger partial charge in [0.05, 0.1) is 5.38 Å². The number of hydrogen-bond donors (Lipinski definition) is 0. The summed E-state index contributed by atoms with van der Waals surface area (Å²) in [7, 11) is 0.